The number of rotatable bonds is 6. The van der Waals surface area contributed by atoms with Crippen molar-refractivity contribution in [3.8, 4) is 0 Å². The lowest BCUT2D eigenvalue weighted by Gasteiger charge is -2.15. The fourth-order valence-electron chi connectivity index (χ4n) is 1.98. The van der Waals surface area contributed by atoms with E-state index in [-0.39, 0.29) is 0 Å². The number of anilines is 1. The normalized spacial score (nSPS) is 12.2. The standard InChI is InChI=1S/C16H18Cl2N2/c1-12(13-5-3-2-4-6-13)19-9-10-20-16-8-7-14(17)11-15(16)18/h2-8,11-12,19-20H,9-10H2,1H3. The van der Waals surface area contributed by atoms with Crippen LogP contribution in [-0.2, 0) is 0 Å². The summed E-state index contributed by atoms with van der Waals surface area (Å²) < 4.78 is 0. The molecular weight excluding hydrogens is 291 g/mol. The molecular formula is C16H18Cl2N2. The predicted octanol–water partition coefficient (Wildman–Crippen LogP) is 4.76. The third-order valence-electron chi connectivity index (χ3n) is 3.12. The van der Waals surface area contributed by atoms with Crippen molar-refractivity contribution in [2.45, 2.75) is 13.0 Å². The molecule has 0 aromatic heterocycles. The van der Waals surface area contributed by atoms with E-state index in [4.69, 9.17) is 23.2 Å². The largest absolute Gasteiger partial charge is 0.383 e. The first-order valence-corrected chi connectivity index (χ1v) is 7.39. The number of hydrogen-bond acceptors (Lipinski definition) is 2. The van der Waals surface area contributed by atoms with Gasteiger partial charge in [0.1, 0.15) is 0 Å². The molecule has 106 valence electrons. The lowest BCUT2D eigenvalue weighted by molar-refractivity contribution is 0.588. The molecule has 0 radical (unpaired) electrons. The van der Waals surface area contributed by atoms with Crippen molar-refractivity contribution in [1.29, 1.82) is 0 Å². The van der Waals surface area contributed by atoms with Crippen molar-refractivity contribution >= 4 is 28.9 Å². The number of hydrogen-bond donors (Lipinski definition) is 2. The Labute approximate surface area is 130 Å². The van der Waals surface area contributed by atoms with Crippen LogP contribution in [0.15, 0.2) is 48.5 Å². The Kier molecular flexibility index (Phi) is 5.72. The molecule has 4 heteroatoms. The van der Waals surface area contributed by atoms with Crippen LogP contribution in [0.4, 0.5) is 5.69 Å². The molecule has 20 heavy (non-hydrogen) atoms. The van der Waals surface area contributed by atoms with Gasteiger partial charge in [-0.2, -0.15) is 0 Å². The summed E-state index contributed by atoms with van der Waals surface area (Å²) in [4.78, 5) is 0. The molecule has 2 rings (SSSR count). The van der Waals surface area contributed by atoms with Crippen LogP contribution in [0.5, 0.6) is 0 Å². The van der Waals surface area contributed by atoms with Crippen molar-refractivity contribution in [2.75, 3.05) is 18.4 Å². The van der Waals surface area contributed by atoms with Crippen molar-refractivity contribution in [2.24, 2.45) is 0 Å². The van der Waals surface area contributed by atoms with Gasteiger partial charge in [-0.15, -0.1) is 0 Å². The van der Waals surface area contributed by atoms with Gasteiger partial charge in [0.05, 0.1) is 10.7 Å². The monoisotopic (exact) mass is 308 g/mol. The quantitative estimate of drug-likeness (QED) is 0.752. The summed E-state index contributed by atoms with van der Waals surface area (Å²) in [5.74, 6) is 0. The highest BCUT2D eigenvalue weighted by Crippen LogP contribution is 2.24. The van der Waals surface area contributed by atoms with E-state index in [1.807, 2.05) is 18.2 Å². The average molecular weight is 309 g/mol. The Hall–Kier alpha value is -1.22. The topological polar surface area (TPSA) is 24.1 Å². The SMILES string of the molecule is CC(NCCNc1ccc(Cl)cc1Cl)c1ccccc1. The number of nitrogens with one attached hydrogen (secondary N) is 2. The lowest BCUT2D eigenvalue weighted by Crippen LogP contribution is -2.25. The van der Waals surface area contributed by atoms with Crippen LogP contribution >= 0.6 is 23.2 Å². The molecule has 0 fully saturated rings. The van der Waals surface area contributed by atoms with Gasteiger partial charge in [0, 0.05) is 24.2 Å². The molecule has 0 amide bonds. The van der Waals surface area contributed by atoms with Crippen molar-refractivity contribution in [1.82, 2.24) is 5.32 Å². The molecule has 0 heterocycles. The molecule has 2 N–H and O–H groups in total. The van der Waals surface area contributed by atoms with Gasteiger partial charge in [0.25, 0.3) is 0 Å². The summed E-state index contributed by atoms with van der Waals surface area (Å²) in [6.07, 6.45) is 0. The predicted molar refractivity (Wildman–Crippen MR) is 87.8 cm³/mol. The fraction of sp³-hybridized carbons (Fsp3) is 0.250. The van der Waals surface area contributed by atoms with Gasteiger partial charge in [0.2, 0.25) is 0 Å². The van der Waals surface area contributed by atoms with E-state index in [0.29, 0.717) is 16.1 Å². The molecule has 0 aliphatic carbocycles. The maximum absolute atomic E-state index is 6.10. The third-order valence-corrected chi connectivity index (χ3v) is 3.67. The first-order chi connectivity index (χ1) is 9.66. The van der Waals surface area contributed by atoms with Crippen LogP contribution in [0.1, 0.15) is 18.5 Å². The molecule has 2 aromatic rings. The maximum Gasteiger partial charge on any atom is 0.0652 e. The first kappa shape index (κ1) is 15.2. The van der Waals surface area contributed by atoms with Gasteiger partial charge in [-0.3, -0.25) is 0 Å². The van der Waals surface area contributed by atoms with Crippen LogP contribution in [0.2, 0.25) is 10.0 Å². The fourth-order valence-corrected chi connectivity index (χ4v) is 2.45. The van der Waals surface area contributed by atoms with Crippen molar-refractivity contribution in [3.63, 3.8) is 0 Å². The summed E-state index contributed by atoms with van der Waals surface area (Å²) in [7, 11) is 0. The second kappa shape index (κ2) is 7.53. The zero-order valence-electron chi connectivity index (χ0n) is 11.4. The Morgan fingerprint density at radius 1 is 1.00 bits per heavy atom. The second-order valence-corrected chi connectivity index (χ2v) is 5.48. The Balaban J connectivity index is 1.76. The van der Waals surface area contributed by atoms with Gasteiger partial charge in [-0.25, -0.2) is 0 Å². The molecule has 1 unspecified atom stereocenters. The molecule has 1 atom stereocenters. The van der Waals surface area contributed by atoms with E-state index in [1.54, 1.807) is 6.07 Å². The molecule has 2 aromatic carbocycles. The van der Waals surface area contributed by atoms with Crippen LogP contribution < -0.4 is 10.6 Å². The van der Waals surface area contributed by atoms with Crippen LogP contribution in [-0.4, -0.2) is 13.1 Å². The molecule has 2 nitrogen and oxygen atoms in total. The highest BCUT2D eigenvalue weighted by Gasteiger charge is 2.03. The molecule has 0 bridgehead atoms. The first-order valence-electron chi connectivity index (χ1n) is 6.64. The van der Waals surface area contributed by atoms with E-state index in [9.17, 15) is 0 Å². The van der Waals surface area contributed by atoms with Crippen LogP contribution in [0.3, 0.4) is 0 Å². The molecule has 0 saturated carbocycles. The maximum atomic E-state index is 6.10. The van der Waals surface area contributed by atoms with Gasteiger partial charge < -0.3 is 10.6 Å². The summed E-state index contributed by atoms with van der Waals surface area (Å²) in [5.41, 5.74) is 2.20. The van der Waals surface area contributed by atoms with Gasteiger partial charge in [-0.05, 0) is 30.7 Å². The van der Waals surface area contributed by atoms with Crippen molar-refractivity contribution in [3.05, 3.63) is 64.1 Å². The van der Waals surface area contributed by atoms with E-state index >= 15 is 0 Å². The summed E-state index contributed by atoms with van der Waals surface area (Å²) in [6.45, 7) is 3.82. The zero-order chi connectivity index (χ0) is 14.4. The average Bonchev–Trinajstić information content (AvgIpc) is 2.46. The van der Waals surface area contributed by atoms with E-state index in [1.165, 1.54) is 5.56 Å². The molecule has 0 aliphatic rings. The van der Waals surface area contributed by atoms with Crippen LogP contribution in [0, 0.1) is 0 Å². The van der Waals surface area contributed by atoms with E-state index < -0.39 is 0 Å². The number of halogens is 2. The highest BCUT2D eigenvalue weighted by molar-refractivity contribution is 6.36. The smallest absolute Gasteiger partial charge is 0.0652 e. The minimum atomic E-state index is 0.332. The van der Waals surface area contributed by atoms with Crippen LogP contribution in [0.25, 0.3) is 0 Å². The number of benzene rings is 2. The van der Waals surface area contributed by atoms with Gasteiger partial charge in [-0.1, -0.05) is 53.5 Å². The summed E-state index contributed by atoms with van der Waals surface area (Å²) in [6, 6.07) is 16.2. The third kappa shape index (κ3) is 4.41. The van der Waals surface area contributed by atoms with Gasteiger partial charge in [0.15, 0.2) is 0 Å². The minimum Gasteiger partial charge on any atom is -0.383 e. The molecule has 0 aliphatic heterocycles. The molecule has 0 saturated heterocycles. The lowest BCUT2D eigenvalue weighted by atomic mass is 10.1. The van der Waals surface area contributed by atoms with E-state index in [2.05, 4.69) is 41.8 Å². The Bertz CT molecular complexity index is 543. The van der Waals surface area contributed by atoms with E-state index in [0.717, 1.165) is 18.8 Å². The van der Waals surface area contributed by atoms with Gasteiger partial charge >= 0.3 is 0 Å². The van der Waals surface area contributed by atoms with Crippen molar-refractivity contribution < 1.29 is 0 Å². The summed E-state index contributed by atoms with van der Waals surface area (Å²) >= 11 is 12.0. The second-order valence-electron chi connectivity index (χ2n) is 4.64. The Morgan fingerprint density at radius 3 is 2.45 bits per heavy atom. The highest BCUT2D eigenvalue weighted by atomic mass is 35.5. The summed E-state index contributed by atoms with van der Waals surface area (Å²) in [5, 5.41) is 8.06. The zero-order valence-corrected chi connectivity index (χ0v) is 12.9. The Morgan fingerprint density at radius 2 is 1.75 bits per heavy atom. The minimum absolute atomic E-state index is 0.332. The molecule has 0 spiro atoms.